The van der Waals surface area contributed by atoms with Gasteiger partial charge in [0.05, 0.1) is 0 Å². The number of nitrogens with one attached hydrogen (secondary N) is 2. The van der Waals surface area contributed by atoms with Crippen molar-refractivity contribution in [1.29, 1.82) is 0 Å². The van der Waals surface area contributed by atoms with Gasteiger partial charge in [-0.3, -0.25) is 0 Å². The highest BCUT2D eigenvalue weighted by Crippen LogP contribution is 2.26. The molecule has 0 spiro atoms. The van der Waals surface area contributed by atoms with Crippen LogP contribution in [0.15, 0.2) is 0 Å². The third kappa shape index (κ3) is 8.02. The summed E-state index contributed by atoms with van der Waals surface area (Å²) in [7, 11) is 0. The van der Waals surface area contributed by atoms with Crippen molar-refractivity contribution in [3.05, 3.63) is 0 Å². The van der Waals surface area contributed by atoms with Gasteiger partial charge in [-0.15, -0.1) is 0 Å². The molecule has 1 rings (SSSR count). The number of carbonyl (C=O) groups excluding carboxylic acids is 1. The fourth-order valence-corrected chi connectivity index (χ4v) is 2.74. The summed E-state index contributed by atoms with van der Waals surface area (Å²) in [6, 6.07) is 0.793. The lowest BCUT2D eigenvalue weighted by atomic mass is 9.83. The molecule has 0 radical (unpaired) electrons. The maximum absolute atomic E-state index is 11.7. The van der Waals surface area contributed by atoms with E-state index >= 15 is 0 Å². The highest BCUT2D eigenvalue weighted by Gasteiger charge is 2.32. The van der Waals surface area contributed by atoms with Gasteiger partial charge in [0.25, 0.3) is 0 Å². The number of unbranched alkanes of at least 4 members (excludes halogenated alkanes) is 2. The van der Waals surface area contributed by atoms with Crippen molar-refractivity contribution in [2.45, 2.75) is 97.8 Å². The molecule has 1 saturated carbocycles. The number of amides is 1. The van der Waals surface area contributed by atoms with Gasteiger partial charge in [0.2, 0.25) is 0 Å². The molecule has 1 aliphatic rings. The molecule has 4 heteroatoms. The zero-order valence-electron chi connectivity index (χ0n) is 15.4. The first-order chi connectivity index (χ1) is 10.1. The predicted octanol–water partition coefficient (Wildman–Crippen LogP) is 4.24. The summed E-state index contributed by atoms with van der Waals surface area (Å²) in [5.41, 5.74) is -0.0627. The molecule has 0 aliphatic heterocycles. The van der Waals surface area contributed by atoms with E-state index in [-0.39, 0.29) is 12.1 Å². The molecule has 0 atom stereocenters. The number of ether oxygens (including phenoxy) is 1. The van der Waals surface area contributed by atoms with Crippen molar-refractivity contribution in [3.8, 4) is 0 Å². The van der Waals surface area contributed by atoms with Gasteiger partial charge in [0.15, 0.2) is 0 Å². The third-order valence-electron chi connectivity index (χ3n) is 4.19. The summed E-state index contributed by atoms with van der Waals surface area (Å²) in [6.07, 6.45) is 6.92. The normalized spacial score (nSPS) is 22.1. The van der Waals surface area contributed by atoms with E-state index in [4.69, 9.17) is 4.74 Å². The SMILES string of the molecule is CCCCCC(C)(C)CNC1CC(NC(=O)OC(C)(C)C)C1. The van der Waals surface area contributed by atoms with Gasteiger partial charge in [-0.05, 0) is 45.4 Å². The van der Waals surface area contributed by atoms with Crippen LogP contribution in [0, 0.1) is 5.41 Å². The molecule has 1 fully saturated rings. The largest absolute Gasteiger partial charge is 0.444 e. The van der Waals surface area contributed by atoms with E-state index in [0.717, 1.165) is 19.4 Å². The van der Waals surface area contributed by atoms with Crippen LogP contribution in [0.5, 0.6) is 0 Å². The Bertz CT molecular complexity index is 341. The molecule has 0 heterocycles. The predicted molar refractivity (Wildman–Crippen MR) is 92.1 cm³/mol. The first kappa shape index (κ1) is 19.3. The zero-order valence-corrected chi connectivity index (χ0v) is 15.4. The molecule has 0 aromatic carbocycles. The molecule has 1 aliphatic carbocycles. The summed E-state index contributed by atoms with van der Waals surface area (Å²) in [4.78, 5) is 11.7. The molecular formula is C18H36N2O2. The average Bonchev–Trinajstić information content (AvgIpc) is 2.29. The molecule has 0 aromatic rings. The molecule has 0 saturated heterocycles. The van der Waals surface area contributed by atoms with Crippen LogP contribution in [-0.4, -0.2) is 30.3 Å². The first-order valence-corrected chi connectivity index (χ1v) is 8.84. The van der Waals surface area contributed by atoms with Crippen molar-refractivity contribution in [3.63, 3.8) is 0 Å². The van der Waals surface area contributed by atoms with Crippen molar-refractivity contribution in [1.82, 2.24) is 10.6 Å². The Morgan fingerprint density at radius 2 is 1.73 bits per heavy atom. The summed E-state index contributed by atoms with van der Waals surface area (Å²) in [5.74, 6) is 0. The summed E-state index contributed by atoms with van der Waals surface area (Å²) >= 11 is 0. The molecular weight excluding hydrogens is 276 g/mol. The molecule has 4 nitrogen and oxygen atoms in total. The molecule has 22 heavy (non-hydrogen) atoms. The van der Waals surface area contributed by atoms with Crippen molar-refractivity contribution < 1.29 is 9.53 Å². The standard InChI is InChI=1S/C18H36N2O2/c1-7-8-9-10-18(5,6)13-19-14-11-15(12-14)20-16(21)22-17(2,3)4/h14-15,19H,7-13H2,1-6H3,(H,20,21). The Morgan fingerprint density at radius 1 is 1.09 bits per heavy atom. The van der Waals surface area contributed by atoms with Gasteiger partial charge < -0.3 is 15.4 Å². The topological polar surface area (TPSA) is 50.4 Å². The summed E-state index contributed by atoms with van der Waals surface area (Å²) in [6.45, 7) is 13.6. The Labute approximate surface area is 136 Å². The monoisotopic (exact) mass is 312 g/mol. The van der Waals surface area contributed by atoms with Gasteiger partial charge in [-0.1, -0.05) is 40.0 Å². The lowest BCUT2D eigenvalue weighted by Crippen LogP contribution is -2.54. The lowest BCUT2D eigenvalue weighted by molar-refractivity contribution is 0.0462. The minimum Gasteiger partial charge on any atom is -0.444 e. The summed E-state index contributed by atoms with van der Waals surface area (Å²) < 4.78 is 5.28. The Morgan fingerprint density at radius 3 is 2.27 bits per heavy atom. The average molecular weight is 312 g/mol. The van der Waals surface area contributed by atoms with Crippen molar-refractivity contribution in [2.75, 3.05) is 6.54 Å². The van der Waals surface area contributed by atoms with Crippen LogP contribution in [0.3, 0.4) is 0 Å². The molecule has 0 bridgehead atoms. The van der Waals surface area contributed by atoms with Crippen LogP contribution in [-0.2, 0) is 4.74 Å². The quantitative estimate of drug-likeness (QED) is 0.659. The number of hydrogen-bond donors (Lipinski definition) is 2. The lowest BCUT2D eigenvalue weighted by Gasteiger charge is -2.38. The highest BCUT2D eigenvalue weighted by molar-refractivity contribution is 5.68. The van der Waals surface area contributed by atoms with E-state index in [2.05, 4.69) is 31.4 Å². The van der Waals surface area contributed by atoms with Gasteiger partial charge in [0.1, 0.15) is 5.60 Å². The molecule has 130 valence electrons. The van der Waals surface area contributed by atoms with E-state index in [1.54, 1.807) is 0 Å². The molecule has 0 unspecified atom stereocenters. The van der Waals surface area contributed by atoms with Gasteiger partial charge in [0, 0.05) is 18.6 Å². The van der Waals surface area contributed by atoms with Crippen LogP contribution in [0.4, 0.5) is 4.79 Å². The number of rotatable bonds is 8. The number of hydrogen-bond acceptors (Lipinski definition) is 3. The smallest absolute Gasteiger partial charge is 0.407 e. The molecule has 2 N–H and O–H groups in total. The van der Waals surface area contributed by atoms with Crippen LogP contribution in [0.2, 0.25) is 0 Å². The second-order valence-electron chi connectivity index (χ2n) is 8.51. The second kappa shape index (κ2) is 8.19. The fraction of sp³-hybridized carbons (Fsp3) is 0.944. The maximum Gasteiger partial charge on any atom is 0.407 e. The van der Waals surface area contributed by atoms with E-state index < -0.39 is 5.60 Å². The Balaban J connectivity index is 2.14. The minimum absolute atomic E-state index is 0.260. The van der Waals surface area contributed by atoms with Gasteiger partial charge in [-0.25, -0.2) is 4.79 Å². The highest BCUT2D eigenvalue weighted by atomic mass is 16.6. The van der Waals surface area contributed by atoms with Crippen molar-refractivity contribution >= 4 is 6.09 Å². The third-order valence-corrected chi connectivity index (χ3v) is 4.19. The summed E-state index contributed by atoms with van der Waals surface area (Å²) in [5, 5.41) is 6.59. The van der Waals surface area contributed by atoms with E-state index in [9.17, 15) is 4.79 Å². The maximum atomic E-state index is 11.7. The second-order valence-corrected chi connectivity index (χ2v) is 8.51. The Kier molecular flexibility index (Phi) is 7.17. The van der Waals surface area contributed by atoms with Crippen LogP contribution in [0.1, 0.15) is 80.1 Å². The number of carbonyl (C=O) groups is 1. The van der Waals surface area contributed by atoms with E-state index in [1.165, 1.54) is 25.7 Å². The van der Waals surface area contributed by atoms with E-state index in [0.29, 0.717) is 11.5 Å². The number of alkyl carbamates (subject to hydrolysis) is 1. The van der Waals surface area contributed by atoms with Crippen LogP contribution >= 0.6 is 0 Å². The Hall–Kier alpha value is -0.770. The molecule has 1 amide bonds. The first-order valence-electron chi connectivity index (χ1n) is 8.84. The minimum atomic E-state index is -0.423. The molecule has 0 aromatic heterocycles. The van der Waals surface area contributed by atoms with Gasteiger partial charge >= 0.3 is 6.09 Å². The fourth-order valence-electron chi connectivity index (χ4n) is 2.74. The zero-order chi connectivity index (χ0) is 16.8. The van der Waals surface area contributed by atoms with Crippen LogP contribution < -0.4 is 10.6 Å². The van der Waals surface area contributed by atoms with Gasteiger partial charge in [-0.2, -0.15) is 0 Å². The van der Waals surface area contributed by atoms with Crippen LogP contribution in [0.25, 0.3) is 0 Å². The van der Waals surface area contributed by atoms with Crippen molar-refractivity contribution in [2.24, 2.45) is 5.41 Å². The van der Waals surface area contributed by atoms with E-state index in [1.807, 2.05) is 20.8 Å².